The molecule has 0 aliphatic carbocycles. The van der Waals surface area contributed by atoms with Gasteiger partial charge in [-0.25, -0.2) is 0 Å². The molecular weight excluding hydrogens is 266 g/mol. The first kappa shape index (κ1) is 14.5. The third-order valence-electron chi connectivity index (χ3n) is 2.90. The summed E-state index contributed by atoms with van der Waals surface area (Å²) in [7, 11) is 0. The molecule has 0 radical (unpaired) electrons. The maximum absolute atomic E-state index is 11.1. The molecule has 110 valence electrons. The molecule has 0 unspecified atom stereocenters. The minimum absolute atomic E-state index is 0.368. The van der Waals surface area contributed by atoms with Crippen LogP contribution in [0.1, 0.15) is 44.8 Å². The molecule has 1 aromatic heterocycles. The summed E-state index contributed by atoms with van der Waals surface area (Å²) in [4.78, 5) is 22.1. The molecule has 2 rings (SSSR count). The minimum atomic E-state index is -0.914. The lowest BCUT2D eigenvalue weighted by Crippen LogP contribution is -2.30. The average molecular weight is 283 g/mol. The Morgan fingerprint density at radius 3 is 2.60 bits per heavy atom. The highest BCUT2D eigenvalue weighted by molar-refractivity contribution is 5.67. The Hall–Kier alpha value is -1.89. The monoisotopic (exact) mass is 283 g/mol. The van der Waals surface area contributed by atoms with E-state index in [1.807, 2.05) is 6.92 Å². The fourth-order valence-electron chi connectivity index (χ4n) is 2.05. The molecule has 1 aliphatic rings. The summed E-state index contributed by atoms with van der Waals surface area (Å²) in [6, 6.07) is 1.78. The van der Waals surface area contributed by atoms with E-state index in [-0.39, 0.29) is 0 Å². The first-order chi connectivity index (χ1) is 9.49. The summed E-state index contributed by atoms with van der Waals surface area (Å²) < 4.78 is 20.8. The highest BCUT2D eigenvalue weighted by Gasteiger charge is 2.41. The van der Waals surface area contributed by atoms with Gasteiger partial charge < -0.3 is 18.7 Å². The van der Waals surface area contributed by atoms with Crippen molar-refractivity contribution in [3.8, 4) is 0 Å². The van der Waals surface area contributed by atoms with Gasteiger partial charge in [0.15, 0.2) is 6.10 Å². The van der Waals surface area contributed by atoms with Gasteiger partial charge >= 0.3 is 11.9 Å². The summed E-state index contributed by atoms with van der Waals surface area (Å²) in [5.41, 5.74) is 0.605. The van der Waals surface area contributed by atoms with Gasteiger partial charge in [-0.05, 0) is 0 Å². The van der Waals surface area contributed by atoms with Crippen LogP contribution in [0.2, 0.25) is 0 Å². The van der Waals surface area contributed by atoms with Crippen molar-refractivity contribution in [2.24, 2.45) is 0 Å². The molecule has 2 heterocycles. The number of esters is 2. The smallest absolute Gasteiger partial charge is 0.305 e. The van der Waals surface area contributed by atoms with Gasteiger partial charge in [-0.15, -0.1) is 0 Å². The van der Waals surface area contributed by atoms with Crippen LogP contribution in [0.5, 0.6) is 0 Å². The number of aromatic nitrogens is 1. The van der Waals surface area contributed by atoms with Crippen LogP contribution in [-0.4, -0.2) is 29.5 Å². The third kappa shape index (κ3) is 3.36. The zero-order valence-corrected chi connectivity index (χ0v) is 11.6. The van der Waals surface area contributed by atoms with E-state index in [9.17, 15) is 9.59 Å². The van der Waals surface area contributed by atoms with Gasteiger partial charge in [0.05, 0.1) is 0 Å². The quantitative estimate of drug-likeness (QED) is 0.774. The van der Waals surface area contributed by atoms with E-state index >= 15 is 0 Å². The molecule has 1 fully saturated rings. The maximum Gasteiger partial charge on any atom is 0.305 e. The van der Waals surface area contributed by atoms with E-state index in [4.69, 9.17) is 18.7 Å². The van der Waals surface area contributed by atoms with Gasteiger partial charge in [-0.1, -0.05) is 12.1 Å². The van der Waals surface area contributed by atoms with E-state index in [1.54, 1.807) is 6.07 Å². The van der Waals surface area contributed by atoms with Crippen LogP contribution in [0.25, 0.3) is 0 Å². The lowest BCUT2D eigenvalue weighted by Gasteiger charge is -2.17. The highest BCUT2D eigenvalue weighted by atomic mass is 16.7. The van der Waals surface area contributed by atoms with Gasteiger partial charge in [-0.3, -0.25) is 9.59 Å². The number of ether oxygens (including phenoxy) is 3. The lowest BCUT2D eigenvalue weighted by molar-refractivity contribution is -0.194. The number of carbonyl (C=O) groups excluding carboxylic acids is 2. The number of aryl methyl sites for hydroxylation is 1. The van der Waals surface area contributed by atoms with Gasteiger partial charge in [0.1, 0.15) is 17.6 Å². The first-order valence-corrected chi connectivity index (χ1v) is 6.45. The number of hydrogen-bond donors (Lipinski definition) is 0. The predicted molar refractivity (Wildman–Crippen MR) is 65.4 cm³/mol. The van der Waals surface area contributed by atoms with Crippen molar-refractivity contribution in [2.45, 2.75) is 52.1 Å². The summed E-state index contributed by atoms with van der Waals surface area (Å²) in [6.45, 7) is 4.51. The van der Waals surface area contributed by atoms with Crippen molar-refractivity contribution in [3.05, 3.63) is 17.5 Å². The zero-order valence-electron chi connectivity index (χ0n) is 11.6. The Morgan fingerprint density at radius 2 is 2.05 bits per heavy atom. The van der Waals surface area contributed by atoms with Crippen LogP contribution in [-0.2, 0) is 30.2 Å². The van der Waals surface area contributed by atoms with Gasteiger partial charge in [0.25, 0.3) is 0 Å². The molecule has 0 amide bonds. The maximum atomic E-state index is 11.1. The molecule has 0 saturated carbocycles. The molecule has 0 aromatic carbocycles. The van der Waals surface area contributed by atoms with Gasteiger partial charge in [0.2, 0.25) is 6.29 Å². The Bertz CT molecular complexity index is 473. The van der Waals surface area contributed by atoms with Crippen LogP contribution in [0.4, 0.5) is 0 Å². The largest absolute Gasteiger partial charge is 0.456 e. The molecule has 0 spiro atoms. The summed E-state index contributed by atoms with van der Waals surface area (Å²) in [5.74, 6) is -0.212. The Morgan fingerprint density at radius 1 is 1.35 bits per heavy atom. The standard InChI is InChI=1S/C13H17NO6/c1-4-9-5-10(14-20-9)11-6-12(17-7(2)15)13(19-11)18-8(3)16/h5,11-13H,4,6H2,1-3H3/t11-,12-,13+/m1/s1. The van der Waals surface area contributed by atoms with Crippen LogP contribution < -0.4 is 0 Å². The SMILES string of the molecule is CCc1cc([C@H]2C[C@@H](OC(C)=O)[C@@H](OC(C)=O)O2)no1. The second-order valence-corrected chi connectivity index (χ2v) is 4.56. The van der Waals surface area contributed by atoms with Crippen LogP contribution in [0.15, 0.2) is 10.6 Å². The van der Waals surface area contributed by atoms with Crippen molar-refractivity contribution >= 4 is 11.9 Å². The Balaban J connectivity index is 2.09. The molecule has 0 N–H and O–H groups in total. The first-order valence-electron chi connectivity index (χ1n) is 6.45. The second-order valence-electron chi connectivity index (χ2n) is 4.56. The van der Waals surface area contributed by atoms with Crippen molar-refractivity contribution in [1.29, 1.82) is 0 Å². The summed E-state index contributed by atoms with van der Waals surface area (Å²) in [5, 5.41) is 3.92. The topological polar surface area (TPSA) is 87.9 Å². The lowest BCUT2D eigenvalue weighted by atomic mass is 10.1. The zero-order chi connectivity index (χ0) is 14.7. The normalized spacial score (nSPS) is 25.4. The molecular formula is C13H17NO6. The molecule has 3 atom stereocenters. The Labute approximate surface area is 116 Å². The number of hydrogen-bond acceptors (Lipinski definition) is 7. The second kappa shape index (κ2) is 6.04. The van der Waals surface area contributed by atoms with Crippen molar-refractivity contribution in [1.82, 2.24) is 5.16 Å². The molecule has 7 nitrogen and oxygen atoms in total. The van der Waals surface area contributed by atoms with Crippen LogP contribution in [0.3, 0.4) is 0 Å². The predicted octanol–water partition coefficient (Wildman–Crippen LogP) is 1.52. The number of rotatable bonds is 4. The number of nitrogens with zero attached hydrogens (tertiary/aromatic N) is 1. The fraction of sp³-hybridized carbons (Fsp3) is 0.615. The third-order valence-corrected chi connectivity index (χ3v) is 2.90. The minimum Gasteiger partial charge on any atom is -0.456 e. The van der Waals surface area contributed by atoms with E-state index in [2.05, 4.69) is 5.16 Å². The van der Waals surface area contributed by atoms with E-state index in [1.165, 1.54) is 13.8 Å². The summed E-state index contributed by atoms with van der Waals surface area (Å²) in [6.07, 6.45) is -0.882. The summed E-state index contributed by atoms with van der Waals surface area (Å²) >= 11 is 0. The van der Waals surface area contributed by atoms with E-state index in [0.29, 0.717) is 12.1 Å². The molecule has 1 aliphatic heterocycles. The Kier molecular flexibility index (Phi) is 4.39. The van der Waals surface area contributed by atoms with E-state index in [0.717, 1.165) is 12.2 Å². The van der Waals surface area contributed by atoms with Gasteiger partial charge in [-0.2, -0.15) is 0 Å². The number of carbonyl (C=O) groups is 2. The van der Waals surface area contributed by atoms with Crippen LogP contribution >= 0.6 is 0 Å². The highest BCUT2D eigenvalue weighted by Crippen LogP contribution is 2.35. The fourth-order valence-corrected chi connectivity index (χ4v) is 2.05. The van der Waals surface area contributed by atoms with Crippen LogP contribution in [0, 0.1) is 0 Å². The van der Waals surface area contributed by atoms with Crippen molar-refractivity contribution < 1.29 is 28.3 Å². The molecule has 1 aromatic rings. The van der Waals surface area contributed by atoms with Gasteiger partial charge in [0, 0.05) is 32.8 Å². The molecule has 7 heteroatoms. The van der Waals surface area contributed by atoms with Crippen molar-refractivity contribution in [3.63, 3.8) is 0 Å². The molecule has 1 saturated heterocycles. The molecule has 0 bridgehead atoms. The molecule has 20 heavy (non-hydrogen) atoms. The van der Waals surface area contributed by atoms with Crippen molar-refractivity contribution in [2.75, 3.05) is 0 Å². The average Bonchev–Trinajstić information content (AvgIpc) is 2.95. The van der Waals surface area contributed by atoms with E-state index < -0.39 is 30.4 Å².